The van der Waals surface area contributed by atoms with Gasteiger partial charge in [-0.3, -0.25) is 0 Å². The van der Waals surface area contributed by atoms with Crippen LogP contribution in [0.2, 0.25) is 0 Å². The van der Waals surface area contributed by atoms with E-state index in [0.29, 0.717) is 18.3 Å². The average molecular weight is 358 g/mol. The molecule has 22 heavy (non-hydrogen) atoms. The van der Waals surface area contributed by atoms with Crippen LogP contribution in [0.4, 0.5) is 5.69 Å². The molecule has 0 aliphatic heterocycles. The van der Waals surface area contributed by atoms with E-state index in [1.807, 2.05) is 24.3 Å². The quantitative estimate of drug-likeness (QED) is 0.733. The maximum absolute atomic E-state index is 5.70. The first kappa shape index (κ1) is 14.8. The maximum atomic E-state index is 5.70. The van der Waals surface area contributed by atoms with Crippen molar-refractivity contribution in [3.8, 4) is 11.5 Å². The lowest BCUT2D eigenvalue weighted by molar-refractivity contribution is 0.515. The molecule has 0 atom stereocenters. The van der Waals surface area contributed by atoms with E-state index in [9.17, 15) is 0 Å². The summed E-state index contributed by atoms with van der Waals surface area (Å²) < 4.78 is 6.72. The number of hydrogen-bond acceptors (Lipinski definition) is 4. The van der Waals surface area contributed by atoms with Crippen molar-refractivity contribution in [1.82, 2.24) is 10.2 Å². The van der Waals surface area contributed by atoms with Gasteiger partial charge in [-0.25, -0.2) is 0 Å². The molecule has 0 unspecified atom stereocenters. The number of hydrogen-bond donors (Lipinski definition) is 1. The fourth-order valence-electron chi connectivity index (χ4n) is 2.13. The molecule has 4 nitrogen and oxygen atoms in total. The molecule has 1 N–H and O–H groups in total. The Morgan fingerprint density at radius 1 is 1.05 bits per heavy atom. The number of nitrogens with one attached hydrogen (secondary N) is 1. The molecule has 3 aromatic rings. The molecule has 0 saturated heterocycles. The van der Waals surface area contributed by atoms with Crippen LogP contribution in [0.1, 0.15) is 17.0 Å². The van der Waals surface area contributed by atoms with Crippen LogP contribution in [0.25, 0.3) is 11.5 Å². The summed E-state index contributed by atoms with van der Waals surface area (Å²) in [5, 5.41) is 11.5. The first-order valence-electron chi connectivity index (χ1n) is 7.01. The molecule has 0 amide bonds. The minimum absolute atomic E-state index is 0.508. The Balaban J connectivity index is 1.72. The normalized spacial score (nSPS) is 10.7. The molecule has 0 saturated carbocycles. The minimum Gasteiger partial charge on any atom is -0.419 e. The van der Waals surface area contributed by atoms with Crippen molar-refractivity contribution in [2.45, 2.75) is 20.4 Å². The zero-order valence-corrected chi connectivity index (χ0v) is 14.0. The van der Waals surface area contributed by atoms with Crippen molar-refractivity contribution in [1.29, 1.82) is 0 Å². The van der Waals surface area contributed by atoms with Gasteiger partial charge in [-0.15, -0.1) is 10.2 Å². The van der Waals surface area contributed by atoms with E-state index < -0.39 is 0 Å². The first-order valence-corrected chi connectivity index (χ1v) is 7.80. The SMILES string of the molecule is Cc1ccc(C)c(NCc2nnc(-c3ccc(Br)cc3)o2)c1. The molecular formula is C17H16BrN3O. The number of halogens is 1. The zero-order valence-electron chi connectivity index (χ0n) is 12.4. The highest BCUT2D eigenvalue weighted by atomic mass is 79.9. The third-order valence-corrected chi connectivity index (χ3v) is 3.91. The number of nitrogens with zero attached hydrogens (tertiary/aromatic N) is 2. The van der Waals surface area contributed by atoms with Gasteiger partial charge >= 0.3 is 0 Å². The highest BCUT2D eigenvalue weighted by Crippen LogP contribution is 2.21. The predicted octanol–water partition coefficient (Wildman–Crippen LogP) is 4.73. The van der Waals surface area contributed by atoms with Gasteiger partial charge in [0.15, 0.2) is 0 Å². The summed E-state index contributed by atoms with van der Waals surface area (Å²) in [4.78, 5) is 0. The zero-order chi connectivity index (χ0) is 15.5. The molecule has 0 radical (unpaired) electrons. The molecule has 0 fully saturated rings. The van der Waals surface area contributed by atoms with Crippen LogP contribution >= 0.6 is 15.9 Å². The van der Waals surface area contributed by atoms with Crippen LogP contribution in [0.3, 0.4) is 0 Å². The molecule has 3 rings (SSSR count). The van der Waals surface area contributed by atoms with E-state index in [4.69, 9.17) is 4.42 Å². The highest BCUT2D eigenvalue weighted by Gasteiger charge is 2.08. The van der Waals surface area contributed by atoms with Crippen LogP contribution in [0, 0.1) is 13.8 Å². The molecule has 112 valence electrons. The van der Waals surface area contributed by atoms with Gasteiger partial charge in [0.05, 0.1) is 6.54 Å². The van der Waals surface area contributed by atoms with Crippen LogP contribution < -0.4 is 5.32 Å². The summed E-state index contributed by atoms with van der Waals surface area (Å²) in [6.07, 6.45) is 0. The van der Waals surface area contributed by atoms with Gasteiger partial charge in [0, 0.05) is 15.7 Å². The Kier molecular flexibility index (Phi) is 4.24. The van der Waals surface area contributed by atoms with Crippen molar-refractivity contribution < 1.29 is 4.42 Å². The third-order valence-electron chi connectivity index (χ3n) is 3.38. The number of aromatic nitrogens is 2. The van der Waals surface area contributed by atoms with E-state index in [2.05, 4.69) is 63.5 Å². The number of aryl methyl sites for hydroxylation is 2. The first-order chi connectivity index (χ1) is 10.6. The molecule has 5 heteroatoms. The van der Waals surface area contributed by atoms with Crippen LogP contribution in [-0.2, 0) is 6.54 Å². The van der Waals surface area contributed by atoms with Crippen molar-refractivity contribution in [2.24, 2.45) is 0 Å². The molecule has 2 aromatic carbocycles. The molecule has 0 aliphatic carbocycles. The standard InChI is InChI=1S/C17H16BrN3O/c1-11-3-4-12(2)15(9-11)19-10-16-20-21-17(22-16)13-5-7-14(18)8-6-13/h3-9,19H,10H2,1-2H3. The van der Waals surface area contributed by atoms with E-state index in [1.54, 1.807) is 0 Å². The smallest absolute Gasteiger partial charge is 0.247 e. The van der Waals surface area contributed by atoms with Crippen LogP contribution in [-0.4, -0.2) is 10.2 Å². The lowest BCUT2D eigenvalue weighted by Crippen LogP contribution is -2.01. The van der Waals surface area contributed by atoms with E-state index in [1.165, 1.54) is 11.1 Å². The van der Waals surface area contributed by atoms with Gasteiger partial charge in [0.25, 0.3) is 0 Å². The largest absolute Gasteiger partial charge is 0.419 e. The van der Waals surface area contributed by atoms with Gasteiger partial charge in [0.1, 0.15) is 0 Å². The molecule has 0 aliphatic rings. The molecule has 0 spiro atoms. The van der Waals surface area contributed by atoms with Gasteiger partial charge < -0.3 is 9.73 Å². The van der Waals surface area contributed by atoms with Crippen molar-refractivity contribution in [3.05, 3.63) is 64.0 Å². The Hall–Kier alpha value is -2.14. The second-order valence-electron chi connectivity index (χ2n) is 5.18. The number of benzene rings is 2. The van der Waals surface area contributed by atoms with Crippen LogP contribution in [0.15, 0.2) is 51.4 Å². The lowest BCUT2D eigenvalue weighted by atomic mass is 10.1. The fraction of sp³-hybridized carbons (Fsp3) is 0.176. The molecule has 0 bridgehead atoms. The Labute approximate surface area is 137 Å². The monoisotopic (exact) mass is 357 g/mol. The van der Waals surface area contributed by atoms with E-state index >= 15 is 0 Å². The molecular weight excluding hydrogens is 342 g/mol. The Bertz CT molecular complexity index is 781. The predicted molar refractivity (Wildman–Crippen MR) is 90.7 cm³/mol. The summed E-state index contributed by atoms with van der Waals surface area (Å²) in [7, 11) is 0. The average Bonchev–Trinajstić information content (AvgIpc) is 2.98. The highest BCUT2D eigenvalue weighted by molar-refractivity contribution is 9.10. The number of rotatable bonds is 4. The van der Waals surface area contributed by atoms with E-state index in [-0.39, 0.29) is 0 Å². The van der Waals surface area contributed by atoms with Gasteiger partial charge in [0.2, 0.25) is 11.8 Å². The Morgan fingerprint density at radius 3 is 2.59 bits per heavy atom. The fourth-order valence-corrected chi connectivity index (χ4v) is 2.40. The number of anilines is 1. The summed E-state index contributed by atoms with van der Waals surface area (Å²) in [6, 6.07) is 14.1. The second kappa shape index (κ2) is 6.32. The molecule has 1 heterocycles. The molecule has 1 aromatic heterocycles. The summed E-state index contributed by atoms with van der Waals surface area (Å²) >= 11 is 3.41. The summed E-state index contributed by atoms with van der Waals surface area (Å²) in [5.41, 5.74) is 4.41. The van der Waals surface area contributed by atoms with Gasteiger partial charge in [-0.2, -0.15) is 0 Å². The minimum atomic E-state index is 0.508. The van der Waals surface area contributed by atoms with Crippen molar-refractivity contribution >= 4 is 21.6 Å². The van der Waals surface area contributed by atoms with Crippen molar-refractivity contribution in [2.75, 3.05) is 5.32 Å². The lowest BCUT2D eigenvalue weighted by Gasteiger charge is -2.08. The maximum Gasteiger partial charge on any atom is 0.247 e. The van der Waals surface area contributed by atoms with Crippen molar-refractivity contribution in [3.63, 3.8) is 0 Å². The Morgan fingerprint density at radius 2 is 1.82 bits per heavy atom. The van der Waals surface area contributed by atoms with E-state index in [0.717, 1.165) is 15.7 Å². The second-order valence-corrected chi connectivity index (χ2v) is 6.10. The topological polar surface area (TPSA) is 51.0 Å². The summed E-state index contributed by atoms with van der Waals surface area (Å²) in [6.45, 7) is 4.65. The van der Waals surface area contributed by atoms with Crippen LogP contribution in [0.5, 0.6) is 0 Å². The van der Waals surface area contributed by atoms with Gasteiger partial charge in [-0.05, 0) is 55.3 Å². The third kappa shape index (κ3) is 3.36. The summed E-state index contributed by atoms with van der Waals surface area (Å²) in [5.74, 6) is 1.10. The van der Waals surface area contributed by atoms with Gasteiger partial charge in [-0.1, -0.05) is 28.1 Å².